The molecule has 0 bridgehead atoms. The molecule has 0 N–H and O–H groups in total. The third-order valence-electron chi connectivity index (χ3n) is 5.34. The summed E-state index contributed by atoms with van der Waals surface area (Å²) < 4.78 is 28.1. The lowest BCUT2D eigenvalue weighted by Crippen LogP contribution is -2.35. The first kappa shape index (κ1) is 17.6. The van der Waals surface area contributed by atoms with Crippen LogP contribution in [0.5, 0.6) is 0 Å². The molecule has 4 aromatic rings. The summed E-state index contributed by atoms with van der Waals surface area (Å²) in [5.41, 5.74) is 1.92. The molecule has 5 heteroatoms. The maximum absolute atomic E-state index is 13.5. The van der Waals surface area contributed by atoms with Crippen LogP contribution in [-0.2, 0) is 10.0 Å². The summed E-state index contributed by atoms with van der Waals surface area (Å²) in [6.07, 6.45) is 0. The molecule has 142 valence electrons. The number of hydrogen-bond acceptors (Lipinski definition) is 3. The highest BCUT2D eigenvalue weighted by molar-refractivity contribution is 7.89. The van der Waals surface area contributed by atoms with Gasteiger partial charge in [-0.3, -0.25) is 4.79 Å². The third-order valence-corrected chi connectivity index (χ3v) is 7.10. The molecular weight excluding hydrogens is 382 g/mol. The lowest BCUT2D eigenvalue weighted by atomic mass is 9.94. The van der Waals surface area contributed by atoms with Crippen LogP contribution in [-0.4, -0.2) is 18.6 Å². The van der Waals surface area contributed by atoms with E-state index in [2.05, 4.69) is 0 Å². The zero-order chi connectivity index (χ0) is 20.0. The van der Waals surface area contributed by atoms with Gasteiger partial charge in [-0.2, -0.15) is 0 Å². The first-order chi connectivity index (χ1) is 14.1. The van der Waals surface area contributed by atoms with Gasteiger partial charge in [-0.25, -0.2) is 12.7 Å². The normalized spacial score (nSPS) is 16.2. The number of hydrogen-bond donors (Lipinski definition) is 0. The molecule has 0 fully saturated rings. The second-order valence-corrected chi connectivity index (χ2v) is 8.79. The quantitative estimate of drug-likeness (QED) is 0.498. The minimum Gasteiger partial charge on any atom is -0.268 e. The summed E-state index contributed by atoms with van der Waals surface area (Å²) in [5.74, 6) is -0.498. The molecule has 4 nitrogen and oxygen atoms in total. The molecule has 0 aliphatic carbocycles. The Balaban J connectivity index is 1.80. The van der Waals surface area contributed by atoms with Crippen LogP contribution < -0.4 is 0 Å². The Morgan fingerprint density at radius 1 is 0.655 bits per heavy atom. The summed E-state index contributed by atoms with van der Waals surface area (Å²) in [6.45, 7) is 0. The molecule has 1 heterocycles. The largest absolute Gasteiger partial charge is 0.268 e. The molecule has 0 spiro atoms. The number of sulfonamides is 1. The van der Waals surface area contributed by atoms with Crippen molar-refractivity contribution < 1.29 is 13.2 Å². The van der Waals surface area contributed by atoms with Crippen molar-refractivity contribution in [3.63, 3.8) is 0 Å². The van der Waals surface area contributed by atoms with E-state index < -0.39 is 22.0 Å². The van der Waals surface area contributed by atoms with E-state index in [1.165, 1.54) is 12.1 Å². The van der Waals surface area contributed by atoms with E-state index >= 15 is 0 Å². The van der Waals surface area contributed by atoms with Crippen LogP contribution in [0.15, 0.2) is 102 Å². The molecule has 5 rings (SSSR count). The standard InChI is InChI=1S/C24H17NO3S/c26-24-22-15-7-6-14-21(22)23(20-16-8-10-17-9-4-5-13-19(17)20)25(24)29(27,28)18-11-2-1-3-12-18/h1-16,23H. The van der Waals surface area contributed by atoms with Crippen LogP contribution in [0.3, 0.4) is 0 Å². The Bertz CT molecular complexity index is 1340. The van der Waals surface area contributed by atoms with Gasteiger partial charge in [-0.1, -0.05) is 78.9 Å². The Morgan fingerprint density at radius 2 is 1.28 bits per heavy atom. The van der Waals surface area contributed by atoms with Crippen molar-refractivity contribution >= 4 is 26.7 Å². The van der Waals surface area contributed by atoms with Gasteiger partial charge in [0.1, 0.15) is 0 Å². The average molecular weight is 399 g/mol. The van der Waals surface area contributed by atoms with Gasteiger partial charge in [-0.05, 0) is 40.1 Å². The molecule has 1 amide bonds. The molecule has 1 atom stereocenters. The highest BCUT2D eigenvalue weighted by atomic mass is 32.2. The number of nitrogens with zero attached hydrogens (tertiary/aromatic N) is 1. The lowest BCUT2D eigenvalue weighted by molar-refractivity contribution is 0.0865. The fraction of sp³-hybridized carbons (Fsp3) is 0.0417. The van der Waals surface area contributed by atoms with Crippen LogP contribution in [0, 0.1) is 0 Å². The van der Waals surface area contributed by atoms with Gasteiger partial charge in [0.25, 0.3) is 15.9 Å². The summed E-state index contributed by atoms with van der Waals surface area (Å²) >= 11 is 0. The number of fused-ring (bicyclic) bond motifs is 2. The van der Waals surface area contributed by atoms with Gasteiger partial charge in [-0.15, -0.1) is 0 Å². The highest BCUT2D eigenvalue weighted by Crippen LogP contribution is 2.43. The Labute approximate surface area is 169 Å². The molecule has 0 aromatic heterocycles. The van der Waals surface area contributed by atoms with Crippen molar-refractivity contribution in [3.05, 3.63) is 114 Å². The monoisotopic (exact) mass is 399 g/mol. The van der Waals surface area contributed by atoms with Crippen molar-refractivity contribution in [2.24, 2.45) is 0 Å². The molecule has 0 saturated heterocycles. The predicted molar refractivity (Wildman–Crippen MR) is 112 cm³/mol. The van der Waals surface area contributed by atoms with E-state index in [4.69, 9.17) is 0 Å². The second-order valence-electron chi connectivity index (χ2n) is 6.98. The maximum Gasteiger partial charge on any atom is 0.268 e. The Kier molecular flexibility index (Phi) is 4.00. The highest BCUT2D eigenvalue weighted by Gasteiger charge is 2.45. The smallest absolute Gasteiger partial charge is 0.268 e. The van der Waals surface area contributed by atoms with E-state index in [0.717, 1.165) is 20.6 Å². The number of carbonyl (C=O) groups excluding carboxylic acids is 1. The summed E-state index contributed by atoms with van der Waals surface area (Å²) in [6, 6.07) is 28.1. The fourth-order valence-electron chi connectivity index (χ4n) is 4.03. The molecule has 1 unspecified atom stereocenters. The van der Waals surface area contributed by atoms with Gasteiger partial charge in [0, 0.05) is 5.56 Å². The van der Waals surface area contributed by atoms with Crippen LogP contribution in [0.4, 0.5) is 0 Å². The fourth-order valence-corrected chi connectivity index (χ4v) is 5.58. The number of amides is 1. The van der Waals surface area contributed by atoms with Crippen molar-refractivity contribution in [2.45, 2.75) is 10.9 Å². The Hall–Kier alpha value is -3.44. The van der Waals surface area contributed by atoms with E-state index in [-0.39, 0.29) is 4.90 Å². The van der Waals surface area contributed by atoms with E-state index in [0.29, 0.717) is 11.1 Å². The molecular formula is C24H17NO3S. The number of benzene rings is 4. The van der Waals surface area contributed by atoms with E-state index in [1.54, 1.807) is 30.3 Å². The zero-order valence-electron chi connectivity index (χ0n) is 15.4. The van der Waals surface area contributed by atoms with Crippen LogP contribution in [0.1, 0.15) is 27.5 Å². The summed E-state index contributed by atoms with van der Waals surface area (Å²) in [7, 11) is -4.04. The van der Waals surface area contributed by atoms with Crippen molar-refractivity contribution in [3.8, 4) is 0 Å². The number of carbonyl (C=O) groups is 1. The molecule has 4 aromatic carbocycles. The van der Waals surface area contributed by atoms with Crippen LogP contribution in [0.25, 0.3) is 10.8 Å². The maximum atomic E-state index is 13.5. The third kappa shape index (κ3) is 2.66. The van der Waals surface area contributed by atoms with Gasteiger partial charge in [0.15, 0.2) is 0 Å². The topological polar surface area (TPSA) is 54.5 Å². The molecule has 1 aliphatic rings. The predicted octanol–water partition coefficient (Wildman–Crippen LogP) is 4.77. The van der Waals surface area contributed by atoms with E-state index in [9.17, 15) is 13.2 Å². The second kappa shape index (κ2) is 6.57. The van der Waals surface area contributed by atoms with Crippen LogP contribution >= 0.6 is 0 Å². The first-order valence-electron chi connectivity index (χ1n) is 9.29. The van der Waals surface area contributed by atoms with Gasteiger partial charge >= 0.3 is 0 Å². The Morgan fingerprint density at radius 3 is 2.10 bits per heavy atom. The summed E-state index contributed by atoms with van der Waals surface area (Å²) in [5, 5.41) is 1.93. The van der Waals surface area contributed by atoms with Gasteiger partial charge < -0.3 is 0 Å². The SMILES string of the molecule is O=C1c2ccccc2C(c2cccc3ccccc23)N1S(=O)(=O)c1ccccc1. The molecule has 0 saturated carbocycles. The average Bonchev–Trinajstić information content (AvgIpc) is 3.07. The first-order valence-corrected chi connectivity index (χ1v) is 10.7. The van der Waals surface area contributed by atoms with Crippen molar-refractivity contribution in [1.29, 1.82) is 0 Å². The molecule has 1 aliphatic heterocycles. The van der Waals surface area contributed by atoms with Gasteiger partial charge in [0.2, 0.25) is 0 Å². The van der Waals surface area contributed by atoms with Crippen molar-refractivity contribution in [2.75, 3.05) is 0 Å². The summed E-state index contributed by atoms with van der Waals surface area (Å²) in [4.78, 5) is 13.4. The minimum atomic E-state index is -4.04. The number of rotatable bonds is 3. The minimum absolute atomic E-state index is 0.103. The lowest BCUT2D eigenvalue weighted by Gasteiger charge is -2.26. The zero-order valence-corrected chi connectivity index (χ0v) is 16.2. The molecule has 29 heavy (non-hydrogen) atoms. The van der Waals surface area contributed by atoms with Gasteiger partial charge in [0.05, 0.1) is 10.9 Å². The van der Waals surface area contributed by atoms with Crippen molar-refractivity contribution in [1.82, 2.24) is 4.31 Å². The van der Waals surface area contributed by atoms with E-state index in [1.807, 2.05) is 54.6 Å². The van der Waals surface area contributed by atoms with Crippen LogP contribution in [0.2, 0.25) is 0 Å². The molecule has 0 radical (unpaired) electrons.